The molecule has 1 aromatic carbocycles. The summed E-state index contributed by atoms with van der Waals surface area (Å²) in [5.74, 6) is 1.20. The van der Waals surface area contributed by atoms with Crippen molar-refractivity contribution in [3.05, 3.63) is 30.3 Å². The van der Waals surface area contributed by atoms with Gasteiger partial charge in [0.15, 0.2) is 0 Å². The van der Waals surface area contributed by atoms with E-state index >= 15 is 0 Å². The molecule has 2 nitrogen and oxygen atoms in total. The Kier molecular flexibility index (Phi) is 5.54. The molecule has 0 bridgehead atoms. The second-order valence-electron chi connectivity index (χ2n) is 5.13. The van der Waals surface area contributed by atoms with Crippen molar-refractivity contribution in [3.8, 4) is 0 Å². The third kappa shape index (κ3) is 4.30. The standard InChI is InChI=1S/C15H24N2S/c1-14(2)17-10-8-16(9-11-17)12-13-18-15-6-4-3-5-7-15/h3-7,14H,8-13H2,1-2H3. The van der Waals surface area contributed by atoms with Crippen LogP contribution in [-0.2, 0) is 0 Å². The second-order valence-corrected chi connectivity index (χ2v) is 6.30. The molecule has 1 fully saturated rings. The van der Waals surface area contributed by atoms with Gasteiger partial charge in [0.25, 0.3) is 0 Å². The minimum Gasteiger partial charge on any atom is -0.300 e. The van der Waals surface area contributed by atoms with Crippen LogP contribution in [0.15, 0.2) is 35.2 Å². The maximum Gasteiger partial charge on any atom is 0.0113 e. The van der Waals surface area contributed by atoms with Crippen LogP contribution in [0, 0.1) is 0 Å². The Bertz CT molecular complexity index is 332. The lowest BCUT2D eigenvalue weighted by atomic mass is 10.2. The van der Waals surface area contributed by atoms with Crippen LogP contribution in [0.1, 0.15) is 13.8 Å². The number of hydrogen-bond donors (Lipinski definition) is 0. The molecule has 0 N–H and O–H groups in total. The van der Waals surface area contributed by atoms with Crippen molar-refractivity contribution >= 4 is 11.8 Å². The molecule has 2 rings (SSSR count). The van der Waals surface area contributed by atoms with Crippen molar-refractivity contribution in [2.45, 2.75) is 24.8 Å². The molecule has 0 atom stereocenters. The fourth-order valence-electron chi connectivity index (χ4n) is 2.31. The third-order valence-corrected chi connectivity index (χ3v) is 4.55. The molecule has 1 aliphatic heterocycles. The molecular formula is C15H24N2S. The van der Waals surface area contributed by atoms with E-state index in [1.807, 2.05) is 11.8 Å². The fourth-order valence-corrected chi connectivity index (χ4v) is 3.25. The Morgan fingerprint density at radius 1 is 1.06 bits per heavy atom. The van der Waals surface area contributed by atoms with Crippen molar-refractivity contribution in [3.63, 3.8) is 0 Å². The van der Waals surface area contributed by atoms with E-state index in [9.17, 15) is 0 Å². The molecule has 0 aliphatic carbocycles. The normalized spacial score (nSPS) is 18.4. The van der Waals surface area contributed by atoms with E-state index in [4.69, 9.17) is 0 Å². The molecule has 1 aromatic rings. The Balaban J connectivity index is 1.64. The average molecular weight is 264 g/mol. The highest BCUT2D eigenvalue weighted by Gasteiger charge is 2.17. The van der Waals surface area contributed by atoms with Gasteiger partial charge in [-0.15, -0.1) is 11.8 Å². The molecule has 1 heterocycles. The highest BCUT2D eigenvalue weighted by Crippen LogP contribution is 2.17. The first-order valence-electron chi connectivity index (χ1n) is 6.90. The Hall–Kier alpha value is -0.510. The van der Waals surface area contributed by atoms with Crippen LogP contribution in [0.2, 0.25) is 0 Å². The topological polar surface area (TPSA) is 6.48 Å². The Morgan fingerprint density at radius 2 is 1.72 bits per heavy atom. The van der Waals surface area contributed by atoms with Gasteiger partial charge >= 0.3 is 0 Å². The van der Waals surface area contributed by atoms with Crippen molar-refractivity contribution in [1.29, 1.82) is 0 Å². The van der Waals surface area contributed by atoms with Gasteiger partial charge in [-0.3, -0.25) is 9.80 Å². The summed E-state index contributed by atoms with van der Waals surface area (Å²) >= 11 is 1.97. The molecule has 0 radical (unpaired) electrons. The largest absolute Gasteiger partial charge is 0.300 e. The van der Waals surface area contributed by atoms with E-state index in [-0.39, 0.29) is 0 Å². The number of piperazine rings is 1. The maximum atomic E-state index is 2.59. The van der Waals surface area contributed by atoms with E-state index in [0.29, 0.717) is 6.04 Å². The summed E-state index contributed by atoms with van der Waals surface area (Å²) in [5.41, 5.74) is 0. The van der Waals surface area contributed by atoms with Gasteiger partial charge in [0.1, 0.15) is 0 Å². The van der Waals surface area contributed by atoms with Crippen LogP contribution in [0.5, 0.6) is 0 Å². The first kappa shape index (κ1) is 13.9. The van der Waals surface area contributed by atoms with Gasteiger partial charge in [-0.25, -0.2) is 0 Å². The van der Waals surface area contributed by atoms with Gasteiger partial charge in [-0.2, -0.15) is 0 Å². The quantitative estimate of drug-likeness (QED) is 0.755. The van der Waals surface area contributed by atoms with Gasteiger partial charge < -0.3 is 0 Å². The summed E-state index contributed by atoms with van der Waals surface area (Å²) in [7, 11) is 0. The van der Waals surface area contributed by atoms with E-state index in [1.165, 1.54) is 43.4 Å². The summed E-state index contributed by atoms with van der Waals surface area (Å²) in [6.45, 7) is 10.7. The van der Waals surface area contributed by atoms with Crippen LogP contribution in [0.4, 0.5) is 0 Å². The highest BCUT2D eigenvalue weighted by molar-refractivity contribution is 7.99. The highest BCUT2D eigenvalue weighted by atomic mass is 32.2. The summed E-state index contributed by atoms with van der Waals surface area (Å²) in [6.07, 6.45) is 0. The zero-order chi connectivity index (χ0) is 12.8. The van der Waals surface area contributed by atoms with Crippen LogP contribution in [0.25, 0.3) is 0 Å². The number of benzene rings is 1. The van der Waals surface area contributed by atoms with Crippen LogP contribution in [-0.4, -0.2) is 54.3 Å². The lowest BCUT2D eigenvalue weighted by Crippen LogP contribution is -2.49. The second kappa shape index (κ2) is 7.17. The first-order valence-corrected chi connectivity index (χ1v) is 7.88. The van der Waals surface area contributed by atoms with E-state index in [0.717, 1.165) is 0 Å². The average Bonchev–Trinajstić information content (AvgIpc) is 2.40. The summed E-state index contributed by atoms with van der Waals surface area (Å²) in [5, 5.41) is 0. The molecule has 0 aromatic heterocycles. The molecule has 0 spiro atoms. The van der Waals surface area contributed by atoms with Gasteiger partial charge in [0.05, 0.1) is 0 Å². The number of nitrogens with zero attached hydrogens (tertiary/aromatic N) is 2. The molecule has 1 saturated heterocycles. The van der Waals surface area contributed by atoms with Gasteiger partial charge in [0.2, 0.25) is 0 Å². The van der Waals surface area contributed by atoms with Crippen molar-refractivity contribution in [2.75, 3.05) is 38.5 Å². The smallest absolute Gasteiger partial charge is 0.0113 e. The minimum absolute atomic E-state index is 0.700. The van der Waals surface area contributed by atoms with Gasteiger partial charge in [0, 0.05) is 49.4 Å². The SMILES string of the molecule is CC(C)N1CCN(CCSc2ccccc2)CC1. The molecule has 0 amide bonds. The predicted octanol–water partition coefficient (Wildman–Crippen LogP) is 2.80. The molecule has 18 heavy (non-hydrogen) atoms. The number of thioether (sulfide) groups is 1. The first-order chi connectivity index (χ1) is 8.75. The monoisotopic (exact) mass is 264 g/mol. The van der Waals surface area contributed by atoms with Gasteiger partial charge in [-0.1, -0.05) is 18.2 Å². The summed E-state index contributed by atoms with van der Waals surface area (Å²) < 4.78 is 0. The zero-order valence-electron chi connectivity index (χ0n) is 11.5. The Labute approximate surface area is 115 Å². The van der Waals surface area contributed by atoms with E-state index in [2.05, 4.69) is 54.0 Å². The third-order valence-electron chi connectivity index (χ3n) is 3.56. The fraction of sp³-hybridized carbons (Fsp3) is 0.600. The Morgan fingerprint density at radius 3 is 2.33 bits per heavy atom. The molecule has 100 valence electrons. The number of hydrogen-bond acceptors (Lipinski definition) is 3. The van der Waals surface area contributed by atoms with Crippen LogP contribution in [0.3, 0.4) is 0 Å². The van der Waals surface area contributed by atoms with Crippen molar-refractivity contribution < 1.29 is 0 Å². The van der Waals surface area contributed by atoms with E-state index in [1.54, 1.807) is 0 Å². The summed E-state index contributed by atoms with van der Waals surface area (Å²) in [4.78, 5) is 6.55. The van der Waals surface area contributed by atoms with Crippen LogP contribution < -0.4 is 0 Å². The molecule has 0 saturated carbocycles. The number of rotatable bonds is 5. The predicted molar refractivity (Wildman–Crippen MR) is 80.3 cm³/mol. The van der Waals surface area contributed by atoms with Crippen molar-refractivity contribution in [1.82, 2.24) is 9.80 Å². The lowest BCUT2D eigenvalue weighted by molar-refractivity contribution is 0.113. The zero-order valence-corrected chi connectivity index (χ0v) is 12.3. The molecule has 0 unspecified atom stereocenters. The minimum atomic E-state index is 0.700. The van der Waals surface area contributed by atoms with Crippen molar-refractivity contribution in [2.24, 2.45) is 0 Å². The lowest BCUT2D eigenvalue weighted by Gasteiger charge is -2.36. The van der Waals surface area contributed by atoms with Gasteiger partial charge in [-0.05, 0) is 26.0 Å². The van der Waals surface area contributed by atoms with E-state index < -0.39 is 0 Å². The maximum absolute atomic E-state index is 2.59. The molecule has 1 aliphatic rings. The summed E-state index contributed by atoms with van der Waals surface area (Å²) in [6, 6.07) is 11.4. The van der Waals surface area contributed by atoms with Crippen LogP contribution >= 0.6 is 11.8 Å². The molecular weight excluding hydrogens is 240 g/mol. The molecule has 3 heteroatoms.